The molecule has 0 aromatic carbocycles. The molecule has 1 N–H and O–H groups in total. The average molecular weight is 285 g/mol. The lowest BCUT2D eigenvalue weighted by atomic mass is 9.81. The van der Waals surface area contributed by atoms with E-state index >= 15 is 0 Å². The molecule has 2 fully saturated rings. The van der Waals surface area contributed by atoms with Gasteiger partial charge >= 0.3 is 0 Å². The van der Waals surface area contributed by atoms with E-state index in [0.717, 1.165) is 17.9 Å². The first-order chi connectivity index (χ1) is 9.22. The zero-order valence-electron chi connectivity index (χ0n) is 13.0. The number of rotatable bonds is 5. The molecule has 0 aromatic rings. The molecular weight excluding hydrogens is 252 g/mol. The minimum atomic E-state index is 0.696. The van der Waals surface area contributed by atoms with Gasteiger partial charge in [-0.25, -0.2) is 0 Å². The summed E-state index contributed by atoms with van der Waals surface area (Å²) in [5.41, 5.74) is 0. The van der Waals surface area contributed by atoms with E-state index in [1.807, 2.05) is 11.8 Å². The number of nitrogens with one attached hydrogen (secondary N) is 1. The van der Waals surface area contributed by atoms with Crippen molar-refractivity contribution in [3.05, 3.63) is 0 Å². The second-order valence-corrected chi connectivity index (χ2v) is 7.70. The standard InChI is InChI=1S/C16H32N2S/c1-13(2)15-12-18(9-10-19-3)16(11-17-15)14-7-5-4-6-8-14/h13-17H,4-12H2,1-3H3. The number of piperazine rings is 1. The van der Waals surface area contributed by atoms with Crippen LogP contribution in [0.15, 0.2) is 0 Å². The first-order valence-electron chi connectivity index (χ1n) is 8.18. The predicted octanol–water partition coefficient (Wildman–Crippen LogP) is 3.23. The fourth-order valence-electron chi connectivity index (χ4n) is 3.75. The number of hydrogen-bond donors (Lipinski definition) is 1. The smallest absolute Gasteiger partial charge is 0.0249 e. The molecule has 2 rings (SSSR count). The summed E-state index contributed by atoms with van der Waals surface area (Å²) in [6.45, 7) is 8.48. The molecule has 2 unspecified atom stereocenters. The molecule has 2 aliphatic rings. The first-order valence-corrected chi connectivity index (χ1v) is 9.58. The average Bonchev–Trinajstić information content (AvgIpc) is 2.45. The molecule has 2 atom stereocenters. The van der Waals surface area contributed by atoms with Crippen molar-refractivity contribution in [2.75, 3.05) is 31.6 Å². The van der Waals surface area contributed by atoms with E-state index in [-0.39, 0.29) is 0 Å². The van der Waals surface area contributed by atoms with Gasteiger partial charge in [0.2, 0.25) is 0 Å². The fraction of sp³-hybridized carbons (Fsp3) is 1.00. The summed E-state index contributed by atoms with van der Waals surface area (Å²) in [6, 6.07) is 1.50. The first kappa shape index (κ1) is 15.7. The largest absolute Gasteiger partial charge is 0.311 e. The summed E-state index contributed by atoms with van der Waals surface area (Å²) in [6.07, 6.45) is 9.56. The predicted molar refractivity (Wildman–Crippen MR) is 86.9 cm³/mol. The quantitative estimate of drug-likeness (QED) is 0.834. The van der Waals surface area contributed by atoms with Crippen LogP contribution in [0.2, 0.25) is 0 Å². The summed E-state index contributed by atoms with van der Waals surface area (Å²) >= 11 is 1.99. The molecular formula is C16H32N2S. The van der Waals surface area contributed by atoms with Crippen molar-refractivity contribution in [1.29, 1.82) is 0 Å². The zero-order chi connectivity index (χ0) is 13.7. The van der Waals surface area contributed by atoms with E-state index in [1.165, 1.54) is 57.5 Å². The van der Waals surface area contributed by atoms with Crippen LogP contribution < -0.4 is 5.32 Å². The Morgan fingerprint density at radius 3 is 2.58 bits per heavy atom. The third kappa shape index (κ3) is 4.37. The maximum atomic E-state index is 3.82. The van der Waals surface area contributed by atoms with Gasteiger partial charge in [0.05, 0.1) is 0 Å². The molecule has 19 heavy (non-hydrogen) atoms. The van der Waals surface area contributed by atoms with Crippen molar-refractivity contribution < 1.29 is 0 Å². The van der Waals surface area contributed by atoms with Crippen LogP contribution in [0.25, 0.3) is 0 Å². The molecule has 1 aliphatic heterocycles. The van der Waals surface area contributed by atoms with E-state index in [2.05, 4.69) is 30.3 Å². The van der Waals surface area contributed by atoms with Crippen LogP contribution in [0.1, 0.15) is 46.0 Å². The van der Waals surface area contributed by atoms with Gasteiger partial charge in [-0.3, -0.25) is 4.90 Å². The van der Waals surface area contributed by atoms with Crippen molar-refractivity contribution in [2.24, 2.45) is 11.8 Å². The Hall–Kier alpha value is 0.270. The third-order valence-electron chi connectivity index (χ3n) is 5.07. The molecule has 0 bridgehead atoms. The van der Waals surface area contributed by atoms with Crippen molar-refractivity contribution in [3.8, 4) is 0 Å². The van der Waals surface area contributed by atoms with Crippen LogP contribution >= 0.6 is 11.8 Å². The lowest BCUT2D eigenvalue weighted by Crippen LogP contribution is -2.60. The molecule has 1 saturated carbocycles. The molecule has 0 aromatic heterocycles. The Balaban J connectivity index is 1.94. The van der Waals surface area contributed by atoms with Crippen molar-refractivity contribution in [1.82, 2.24) is 10.2 Å². The Bertz CT molecular complexity index is 251. The highest BCUT2D eigenvalue weighted by molar-refractivity contribution is 7.98. The fourth-order valence-corrected chi connectivity index (χ4v) is 4.17. The topological polar surface area (TPSA) is 15.3 Å². The van der Waals surface area contributed by atoms with Crippen LogP contribution in [0.4, 0.5) is 0 Å². The van der Waals surface area contributed by atoms with Crippen LogP contribution in [-0.2, 0) is 0 Å². The monoisotopic (exact) mass is 284 g/mol. The van der Waals surface area contributed by atoms with Gasteiger partial charge in [-0.05, 0) is 30.9 Å². The highest BCUT2D eigenvalue weighted by Gasteiger charge is 2.34. The van der Waals surface area contributed by atoms with Gasteiger partial charge in [-0.15, -0.1) is 0 Å². The zero-order valence-corrected chi connectivity index (χ0v) is 13.8. The van der Waals surface area contributed by atoms with Crippen LogP contribution in [0.5, 0.6) is 0 Å². The molecule has 0 spiro atoms. The van der Waals surface area contributed by atoms with Gasteiger partial charge in [0.1, 0.15) is 0 Å². The molecule has 112 valence electrons. The van der Waals surface area contributed by atoms with Gasteiger partial charge < -0.3 is 5.32 Å². The van der Waals surface area contributed by atoms with Gasteiger partial charge in [0.15, 0.2) is 0 Å². The minimum absolute atomic E-state index is 0.696. The lowest BCUT2D eigenvalue weighted by molar-refractivity contribution is 0.0671. The van der Waals surface area contributed by atoms with E-state index in [1.54, 1.807) is 0 Å². The Kier molecular flexibility index (Phi) is 6.51. The lowest BCUT2D eigenvalue weighted by Gasteiger charge is -2.46. The van der Waals surface area contributed by atoms with Gasteiger partial charge in [-0.2, -0.15) is 11.8 Å². The highest BCUT2D eigenvalue weighted by Crippen LogP contribution is 2.30. The molecule has 2 nitrogen and oxygen atoms in total. The summed E-state index contributed by atoms with van der Waals surface area (Å²) in [4.78, 5) is 2.81. The Labute approximate surface area is 124 Å². The van der Waals surface area contributed by atoms with Crippen molar-refractivity contribution in [3.63, 3.8) is 0 Å². The Morgan fingerprint density at radius 1 is 1.21 bits per heavy atom. The normalized spacial score (nSPS) is 30.9. The highest BCUT2D eigenvalue weighted by atomic mass is 32.2. The van der Waals surface area contributed by atoms with Crippen molar-refractivity contribution >= 4 is 11.8 Å². The molecule has 1 saturated heterocycles. The van der Waals surface area contributed by atoms with E-state index < -0.39 is 0 Å². The molecule has 3 heteroatoms. The minimum Gasteiger partial charge on any atom is -0.311 e. The Morgan fingerprint density at radius 2 is 1.95 bits per heavy atom. The third-order valence-corrected chi connectivity index (χ3v) is 5.66. The molecule has 0 amide bonds. The van der Waals surface area contributed by atoms with E-state index in [4.69, 9.17) is 0 Å². The van der Waals surface area contributed by atoms with Crippen molar-refractivity contribution in [2.45, 2.75) is 58.0 Å². The SMILES string of the molecule is CSCCN1CC(C(C)C)NCC1C1CCCCC1. The van der Waals surface area contributed by atoms with Gasteiger partial charge in [-0.1, -0.05) is 33.1 Å². The maximum Gasteiger partial charge on any atom is 0.0249 e. The summed E-state index contributed by atoms with van der Waals surface area (Å²) in [5, 5.41) is 3.82. The van der Waals surface area contributed by atoms with Gasteiger partial charge in [0, 0.05) is 37.5 Å². The van der Waals surface area contributed by atoms with E-state index in [0.29, 0.717) is 6.04 Å². The van der Waals surface area contributed by atoms with Crippen LogP contribution in [-0.4, -0.2) is 48.6 Å². The second-order valence-electron chi connectivity index (χ2n) is 6.71. The second kappa shape index (κ2) is 7.90. The maximum absolute atomic E-state index is 3.82. The molecule has 1 heterocycles. The number of thioether (sulfide) groups is 1. The summed E-state index contributed by atoms with van der Waals surface area (Å²) < 4.78 is 0. The number of hydrogen-bond acceptors (Lipinski definition) is 3. The molecule has 1 aliphatic carbocycles. The summed E-state index contributed by atoms with van der Waals surface area (Å²) in [5.74, 6) is 2.99. The number of nitrogens with zero attached hydrogens (tertiary/aromatic N) is 1. The van der Waals surface area contributed by atoms with E-state index in [9.17, 15) is 0 Å². The van der Waals surface area contributed by atoms with Crippen LogP contribution in [0, 0.1) is 11.8 Å². The summed E-state index contributed by atoms with van der Waals surface area (Å²) in [7, 11) is 0. The molecule has 0 radical (unpaired) electrons. The van der Waals surface area contributed by atoms with Crippen LogP contribution in [0.3, 0.4) is 0 Å². The van der Waals surface area contributed by atoms with Gasteiger partial charge in [0.25, 0.3) is 0 Å².